The van der Waals surface area contributed by atoms with Crippen LogP contribution in [0.15, 0.2) is 60.7 Å². The first-order valence-corrected chi connectivity index (χ1v) is 7.78. The van der Waals surface area contributed by atoms with Gasteiger partial charge in [0, 0.05) is 17.5 Å². The van der Waals surface area contributed by atoms with Crippen molar-refractivity contribution in [2.24, 2.45) is 0 Å². The number of unbranched alkanes of at least 4 members (excludes halogenated alkanes) is 1. The first kappa shape index (κ1) is 13.8. The van der Waals surface area contributed by atoms with Gasteiger partial charge in [0.05, 0.1) is 5.69 Å². The molecule has 1 heteroatoms. The maximum absolute atomic E-state index is 4.93. The third-order valence-corrected chi connectivity index (χ3v) is 3.87. The molecule has 2 aromatic carbocycles. The van der Waals surface area contributed by atoms with Crippen LogP contribution in [0, 0.1) is 0 Å². The van der Waals surface area contributed by atoms with E-state index in [0.29, 0.717) is 0 Å². The lowest BCUT2D eigenvalue weighted by atomic mass is 10.0. The van der Waals surface area contributed by atoms with E-state index in [-0.39, 0.29) is 0 Å². The van der Waals surface area contributed by atoms with Gasteiger partial charge in [-0.25, -0.2) is 0 Å². The third kappa shape index (κ3) is 3.30. The van der Waals surface area contributed by atoms with Crippen molar-refractivity contribution in [1.82, 2.24) is 4.98 Å². The summed E-state index contributed by atoms with van der Waals surface area (Å²) < 4.78 is 0. The minimum Gasteiger partial charge on any atom is -0.257 e. The summed E-state index contributed by atoms with van der Waals surface area (Å²) in [5.74, 6) is 0. The molecular weight excluding hydrogens is 254 g/mol. The second-order valence-corrected chi connectivity index (χ2v) is 5.55. The Kier molecular flexibility index (Phi) is 4.30. The molecule has 0 aliphatic heterocycles. The number of fused-ring (bicyclic) bond motifs is 1. The summed E-state index contributed by atoms with van der Waals surface area (Å²) in [4.78, 5) is 4.93. The summed E-state index contributed by atoms with van der Waals surface area (Å²) in [6.45, 7) is 2.23. The van der Waals surface area contributed by atoms with Crippen molar-refractivity contribution in [2.45, 2.75) is 32.6 Å². The molecule has 0 N–H and O–H groups in total. The van der Waals surface area contributed by atoms with Gasteiger partial charge in [0.25, 0.3) is 0 Å². The lowest BCUT2D eigenvalue weighted by molar-refractivity contribution is 0.774. The van der Waals surface area contributed by atoms with Crippen molar-refractivity contribution < 1.29 is 0 Å². The fraction of sp³-hybridized carbons (Fsp3) is 0.250. The second-order valence-electron chi connectivity index (χ2n) is 5.55. The molecule has 0 fully saturated rings. The maximum Gasteiger partial charge on any atom is 0.0528 e. The minimum atomic E-state index is 0.904. The quantitative estimate of drug-likeness (QED) is 0.626. The largest absolute Gasteiger partial charge is 0.257 e. The summed E-state index contributed by atoms with van der Waals surface area (Å²) in [7, 11) is 0. The molecule has 1 nitrogen and oxygen atoms in total. The number of rotatable bonds is 5. The Bertz CT molecular complexity index is 716. The molecule has 0 aliphatic carbocycles. The lowest BCUT2D eigenvalue weighted by Crippen LogP contribution is -1.99. The molecular formula is C20H21N. The smallest absolute Gasteiger partial charge is 0.0528 e. The molecule has 106 valence electrons. The van der Waals surface area contributed by atoms with Crippen LogP contribution < -0.4 is 0 Å². The molecule has 0 bridgehead atoms. The van der Waals surface area contributed by atoms with Crippen LogP contribution in [0.5, 0.6) is 0 Å². The highest BCUT2D eigenvalue weighted by Gasteiger charge is 2.06. The van der Waals surface area contributed by atoms with Gasteiger partial charge >= 0.3 is 0 Å². The number of aryl methyl sites for hydroxylation is 1. The van der Waals surface area contributed by atoms with E-state index >= 15 is 0 Å². The first-order valence-electron chi connectivity index (χ1n) is 7.78. The van der Waals surface area contributed by atoms with Crippen molar-refractivity contribution in [2.75, 3.05) is 0 Å². The Balaban J connectivity index is 2.02. The number of pyridine rings is 1. The topological polar surface area (TPSA) is 12.9 Å². The van der Waals surface area contributed by atoms with Crippen LogP contribution in [0.2, 0.25) is 0 Å². The summed E-state index contributed by atoms with van der Waals surface area (Å²) in [5, 5.41) is 2.59. The van der Waals surface area contributed by atoms with Crippen LogP contribution in [0.3, 0.4) is 0 Å². The molecule has 0 saturated heterocycles. The van der Waals surface area contributed by atoms with Gasteiger partial charge < -0.3 is 0 Å². The molecule has 1 aromatic heterocycles. The molecule has 0 aliphatic rings. The minimum absolute atomic E-state index is 0.904. The van der Waals surface area contributed by atoms with Crippen LogP contribution in [-0.4, -0.2) is 4.98 Å². The van der Waals surface area contributed by atoms with E-state index in [9.17, 15) is 0 Å². The van der Waals surface area contributed by atoms with E-state index < -0.39 is 0 Å². The van der Waals surface area contributed by atoms with Gasteiger partial charge in [0.1, 0.15) is 0 Å². The number of benzene rings is 2. The van der Waals surface area contributed by atoms with E-state index in [1.54, 1.807) is 0 Å². The zero-order valence-corrected chi connectivity index (χ0v) is 12.5. The molecule has 0 amide bonds. The van der Waals surface area contributed by atoms with Gasteiger partial charge in [-0.3, -0.25) is 4.98 Å². The predicted molar refractivity (Wildman–Crippen MR) is 89.6 cm³/mol. The number of hydrogen-bond acceptors (Lipinski definition) is 1. The standard InChI is InChI=1S/C20H21N/c1-2-3-12-18-15-17-11-7-8-13-19(17)20(21-18)14-16-9-5-4-6-10-16/h4-11,13,15H,2-3,12,14H2,1H3. The fourth-order valence-corrected chi connectivity index (χ4v) is 2.74. The van der Waals surface area contributed by atoms with Crippen LogP contribution in [0.4, 0.5) is 0 Å². The number of nitrogens with zero attached hydrogens (tertiary/aromatic N) is 1. The van der Waals surface area contributed by atoms with Gasteiger partial charge in [-0.15, -0.1) is 0 Å². The Labute approximate surface area is 126 Å². The summed E-state index contributed by atoms with van der Waals surface area (Å²) >= 11 is 0. The van der Waals surface area contributed by atoms with E-state index in [1.807, 2.05) is 0 Å². The SMILES string of the molecule is CCCCc1cc2ccccc2c(Cc2ccccc2)n1. The molecule has 3 aromatic rings. The number of hydrogen-bond donors (Lipinski definition) is 0. The third-order valence-electron chi connectivity index (χ3n) is 3.87. The monoisotopic (exact) mass is 275 g/mol. The number of aromatic nitrogens is 1. The molecule has 0 atom stereocenters. The van der Waals surface area contributed by atoms with Gasteiger partial charge in [-0.05, 0) is 29.9 Å². The van der Waals surface area contributed by atoms with E-state index in [1.165, 1.54) is 40.6 Å². The molecule has 0 spiro atoms. The molecule has 0 unspecified atom stereocenters. The van der Waals surface area contributed by atoms with Gasteiger partial charge in [0.2, 0.25) is 0 Å². The molecule has 0 saturated carbocycles. The normalized spacial score (nSPS) is 10.9. The van der Waals surface area contributed by atoms with Crippen molar-refractivity contribution in [1.29, 1.82) is 0 Å². The van der Waals surface area contributed by atoms with Crippen molar-refractivity contribution in [3.8, 4) is 0 Å². The Morgan fingerprint density at radius 1 is 0.905 bits per heavy atom. The lowest BCUT2D eigenvalue weighted by Gasteiger charge is -2.09. The van der Waals surface area contributed by atoms with Crippen LogP contribution >= 0.6 is 0 Å². The summed E-state index contributed by atoms with van der Waals surface area (Å²) in [6.07, 6.45) is 4.39. The maximum atomic E-state index is 4.93. The van der Waals surface area contributed by atoms with Crippen LogP contribution in [0.1, 0.15) is 36.7 Å². The zero-order valence-electron chi connectivity index (χ0n) is 12.5. The first-order chi connectivity index (χ1) is 10.4. The van der Waals surface area contributed by atoms with Crippen molar-refractivity contribution >= 4 is 10.8 Å². The van der Waals surface area contributed by atoms with E-state index in [0.717, 1.165) is 12.8 Å². The van der Waals surface area contributed by atoms with Crippen molar-refractivity contribution in [3.05, 3.63) is 77.6 Å². The Morgan fingerprint density at radius 2 is 1.67 bits per heavy atom. The highest BCUT2D eigenvalue weighted by molar-refractivity contribution is 5.85. The zero-order chi connectivity index (χ0) is 14.5. The molecule has 0 radical (unpaired) electrons. The highest BCUT2D eigenvalue weighted by atomic mass is 14.7. The van der Waals surface area contributed by atoms with E-state index in [2.05, 4.69) is 67.6 Å². The van der Waals surface area contributed by atoms with Gasteiger partial charge in [-0.2, -0.15) is 0 Å². The molecule has 1 heterocycles. The van der Waals surface area contributed by atoms with Crippen molar-refractivity contribution in [3.63, 3.8) is 0 Å². The Hall–Kier alpha value is -2.15. The van der Waals surface area contributed by atoms with Crippen LogP contribution in [-0.2, 0) is 12.8 Å². The molecule has 21 heavy (non-hydrogen) atoms. The van der Waals surface area contributed by atoms with E-state index in [4.69, 9.17) is 4.98 Å². The highest BCUT2D eigenvalue weighted by Crippen LogP contribution is 2.21. The Morgan fingerprint density at radius 3 is 2.48 bits per heavy atom. The summed E-state index contributed by atoms with van der Waals surface area (Å²) in [5.41, 5.74) is 3.75. The average Bonchev–Trinajstić information content (AvgIpc) is 2.54. The van der Waals surface area contributed by atoms with Gasteiger partial charge in [0.15, 0.2) is 0 Å². The van der Waals surface area contributed by atoms with Gasteiger partial charge in [-0.1, -0.05) is 67.9 Å². The fourth-order valence-electron chi connectivity index (χ4n) is 2.74. The van der Waals surface area contributed by atoms with Crippen LogP contribution in [0.25, 0.3) is 10.8 Å². The summed E-state index contributed by atoms with van der Waals surface area (Å²) in [6, 6.07) is 21.4. The predicted octanol–water partition coefficient (Wildman–Crippen LogP) is 5.17. The average molecular weight is 275 g/mol. The second kappa shape index (κ2) is 6.53. The molecule has 3 rings (SSSR count).